The maximum atomic E-state index is 11.9. The van der Waals surface area contributed by atoms with Crippen molar-refractivity contribution in [3.05, 3.63) is 0 Å². The van der Waals surface area contributed by atoms with E-state index in [0.717, 1.165) is 32.1 Å². The molecule has 4 fully saturated rings. The minimum absolute atomic E-state index is 0.201. The Kier molecular flexibility index (Phi) is 2.86. The Morgan fingerprint density at radius 1 is 1.21 bits per heavy atom. The van der Waals surface area contributed by atoms with E-state index in [2.05, 4.69) is 5.32 Å². The zero-order valence-corrected chi connectivity index (χ0v) is 12.1. The number of rotatable bonds is 1. The number of hydrogen-bond acceptors (Lipinski definition) is 3. The van der Waals surface area contributed by atoms with Gasteiger partial charge in [0.15, 0.2) is 0 Å². The Bertz CT molecular complexity index is 371. The van der Waals surface area contributed by atoms with E-state index >= 15 is 0 Å². The Balaban J connectivity index is 1.65. The summed E-state index contributed by atoms with van der Waals surface area (Å²) in [6.07, 6.45) is 4.66. The molecule has 0 heterocycles. The topological polar surface area (TPSA) is 58.6 Å². The van der Waals surface area contributed by atoms with Crippen LogP contribution in [0.5, 0.6) is 0 Å². The summed E-state index contributed by atoms with van der Waals surface area (Å²) in [5.74, 6) is 1.53. The van der Waals surface area contributed by atoms with Crippen molar-refractivity contribution in [2.24, 2.45) is 17.8 Å². The lowest BCUT2D eigenvalue weighted by Crippen LogP contribution is -2.61. The average molecular weight is 267 g/mol. The number of carbonyl (C=O) groups excluding carboxylic acids is 1. The SMILES string of the molecule is CC(C)(C)OC(=O)NC1C2CC3C[C@H]1CC(O)(C3)C2. The second-order valence-electron chi connectivity index (χ2n) is 7.87. The van der Waals surface area contributed by atoms with Crippen molar-refractivity contribution in [2.75, 3.05) is 0 Å². The van der Waals surface area contributed by atoms with Crippen molar-refractivity contribution in [2.45, 2.75) is 70.1 Å². The first-order valence-electron chi connectivity index (χ1n) is 7.46. The van der Waals surface area contributed by atoms with Crippen LogP contribution in [-0.4, -0.2) is 28.4 Å². The minimum atomic E-state index is -0.450. The van der Waals surface area contributed by atoms with Gasteiger partial charge in [0, 0.05) is 6.04 Å². The molecule has 0 aromatic carbocycles. The lowest BCUT2D eigenvalue weighted by Gasteiger charge is -2.57. The minimum Gasteiger partial charge on any atom is -0.444 e. The highest BCUT2D eigenvalue weighted by Crippen LogP contribution is 2.55. The highest BCUT2D eigenvalue weighted by atomic mass is 16.6. The Hall–Kier alpha value is -0.770. The van der Waals surface area contributed by atoms with Crippen LogP contribution in [0.1, 0.15) is 52.9 Å². The molecular formula is C15H25NO3. The molecule has 0 radical (unpaired) electrons. The molecule has 4 heteroatoms. The summed E-state index contributed by atoms with van der Waals surface area (Å²) in [5.41, 5.74) is -0.892. The number of ether oxygens (including phenoxy) is 1. The van der Waals surface area contributed by atoms with E-state index in [-0.39, 0.29) is 12.1 Å². The van der Waals surface area contributed by atoms with Crippen molar-refractivity contribution in [3.63, 3.8) is 0 Å². The lowest BCUT2D eigenvalue weighted by molar-refractivity contribution is -0.138. The third-order valence-electron chi connectivity index (χ3n) is 4.92. The molecule has 4 nitrogen and oxygen atoms in total. The molecule has 0 aromatic heterocycles. The van der Waals surface area contributed by atoms with Crippen LogP contribution in [-0.2, 0) is 4.74 Å². The van der Waals surface area contributed by atoms with Crippen LogP contribution >= 0.6 is 0 Å². The second kappa shape index (κ2) is 4.11. The van der Waals surface area contributed by atoms with Crippen LogP contribution in [0.2, 0.25) is 0 Å². The maximum Gasteiger partial charge on any atom is 0.407 e. The predicted octanol–water partition coefficient (Wildman–Crippen LogP) is 2.45. The maximum absolute atomic E-state index is 11.9. The van der Waals surface area contributed by atoms with Gasteiger partial charge in [-0.3, -0.25) is 0 Å². The highest BCUT2D eigenvalue weighted by Gasteiger charge is 2.55. The molecule has 4 aliphatic carbocycles. The zero-order chi connectivity index (χ0) is 13.8. The van der Waals surface area contributed by atoms with Crippen molar-refractivity contribution in [3.8, 4) is 0 Å². The smallest absolute Gasteiger partial charge is 0.407 e. The number of carbonyl (C=O) groups is 1. The summed E-state index contributed by atoms with van der Waals surface area (Å²) >= 11 is 0. The van der Waals surface area contributed by atoms with Crippen LogP contribution in [0.15, 0.2) is 0 Å². The van der Waals surface area contributed by atoms with Crippen molar-refractivity contribution in [1.82, 2.24) is 5.32 Å². The number of aliphatic hydroxyl groups is 1. The summed E-state index contributed by atoms with van der Waals surface area (Å²) in [6.45, 7) is 5.64. The molecule has 0 saturated heterocycles. The highest BCUT2D eigenvalue weighted by molar-refractivity contribution is 5.68. The molecule has 0 spiro atoms. The first kappa shape index (κ1) is 13.2. The van der Waals surface area contributed by atoms with E-state index in [1.165, 1.54) is 0 Å². The molecule has 4 rings (SSSR count). The van der Waals surface area contributed by atoms with Crippen molar-refractivity contribution < 1.29 is 14.6 Å². The fourth-order valence-electron chi connectivity index (χ4n) is 4.66. The fraction of sp³-hybridized carbons (Fsp3) is 0.933. The molecule has 5 atom stereocenters. The molecule has 19 heavy (non-hydrogen) atoms. The number of alkyl carbamates (subject to hydrolysis) is 1. The summed E-state index contributed by atoms with van der Waals surface area (Å²) < 4.78 is 5.36. The van der Waals surface area contributed by atoms with Gasteiger partial charge in [-0.15, -0.1) is 0 Å². The third-order valence-corrected chi connectivity index (χ3v) is 4.92. The monoisotopic (exact) mass is 267 g/mol. The summed E-state index contributed by atoms with van der Waals surface area (Å²) in [6, 6.07) is 0.201. The zero-order valence-electron chi connectivity index (χ0n) is 12.1. The van der Waals surface area contributed by atoms with Gasteiger partial charge in [0.25, 0.3) is 0 Å². The van der Waals surface area contributed by atoms with Gasteiger partial charge in [-0.1, -0.05) is 0 Å². The molecule has 4 aliphatic rings. The van der Waals surface area contributed by atoms with Gasteiger partial charge in [-0.05, 0) is 70.6 Å². The largest absolute Gasteiger partial charge is 0.444 e. The molecule has 4 bridgehead atoms. The molecule has 2 N–H and O–H groups in total. The molecule has 108 valence electrons. The number of amides is 1. The second-order valence-corrected chi connectivity index (χ2v) is 7.87. The number of hydrogen-bond donors (Lipinski definition) is 2. The Morgan fingerprint density at radius 3 is 2.26 bits per heavy atom. The Morgan fingerprint density at radius 2 is 1.79 bits per heavy atom. The van der Waals surface area contributed by atoms with Gasteiger partial charge < -0.3 is 15.2 Å². The standard InChI is InChI=1S/C15H25NO3/c1-14(2,3)19-13(17)16-12-10-4-9-5-11(12)8-15(18,6-9)7-10/h9-12,18H,4-8H2,1-3H3,(H,16,17)/t9?,10-,11?,12?,15?/m0/s1. The molecule has 1 amide bonds. The summed E-state index contributed by atoms with van der Waals surface area (Å²) in [7, 11) is 0. The molecule has 0 aromatic rings. The van der Waals surface area contributed by atoms with Gasteiger partial charge >= 0.3 is 6.09 Å². The van der Waals surface area contributed by atoms with Gasteiger partial charge in [-0.25, -0.2) is 4.79 Å². The lowest BCUT2D eigenvalue weighted by atomic mass is 9.52. The van der Waals surface area contributed by atoms with Crippen LogP contribution < -0.4 is 5.32 Å². The van der Waals surface area contributed by atoms with Crippen LogP contribution in [0.25, 0.3) is 0 Å². The third kappa shape index (κ3) is 2.60. The first-order valence-corrected chi connectivity index (χ1v) is 7.46. The van der Waals surface area contributed by atoms with Crippen LogP contribution in [0.3, 0.4) is 0 Å². The number of nitrogens with one attached hydrogen (secondary N) is 1. The van der Waals surface area contributed by atoms with Gasteiger partial charge in [0.05, 0.1) is 5.60 Å². The van der Waals surface area contributed by atoms with Crippen LogP contribution in [0.4, 0.5) is 4.79 Å². The van der Waals surface area contributed by atoms with E-state index in [4.69, 9.17) is 4.74 Å². The van der Waals surface area contributed by atoms with Gasteiger partial charge in [-0.2, -0.15) is 0 Å². The Labute approximate surface area is 114 Å². The summed E-state index contributed by atoms with van der Waals surface area (Å²) in [5, 5.41) is 13.6. The normalized spacial score (nSPS) is 44.2. The predicted molar refractivity (Wildman–Crippen MR) is 71.7 cm³/mol. The van der Waals surface area contributed by atoms with E-state index in [9.17, 15) is 9.90 Å². The molecular weight excluding hydrogens is 242 g/mol. The average Bonchev–Trinajstić information content (AvgIpc) is 2.18. The van der Waals surface area contributed by atoms with Gasteiger partial charge in [0.2, 0.25) is 0 Å². The first-order chi connectivity index (χ1) is 8.74. The van der Waals surface area contributed by atoms with E-state index in [1.54, 1.807) is 0 Å². The van der Waals surface area contributed by atoms with E-state index in [0.29, 0.717) is 17.8 Å². The van der Waals surface area contributed by atoms with Crippen molar-refractivity contribution in [1.29, 1.82) is 0 Å². The van der Waals surface area contributed by atoms with Gasteiger partial charge in [0.1, 0.15) is 5.60 Å². The van der Waals surface area contributed by atoms with Crippen molar-refractivity contribution >= 4 is 6.09 Å². The quantitative estimate of drug-likeness (QED) is 0.767. The van der Waals surface area contributed by atoms with Crippen LogP contribution in [0, 0.1) is 17.8 Å². The fourth-order valence-corrected chi connectivity index (χ4v) is 4.66. The molecule has 4 unspecified atom stereocenters. The molecule has 4 saturated carbocycles. The van der Waals surface area contributed by atoms with E-state index < -0.39 is 11.2 Å². The molecule has 0 aliphatic heterocycles. The summed E-state index contributed by atoms with van der Waals surface area (Å²) in [4.78, 5) is 11.9. The van der Waals surface area contributed by atoms with E-state index in [1.807, 2.05) is 20.8 Å².